The summed E-state index contributed by atoms with van der Waals surface area (Å²) in [4.78, 5) is 24.4. The van der Waals surface area contributed by atoms with Crippen LogP contribution in [-0.2, 0) is 11.2 Å². The van der Waals surface area contributed by atoms with E-state index < -0.39 is 0 Å². The van der Waals surface area contributed by atoms with Crippen LogP contribution in [0.1, 0.15) is 18.5 Å². The maximum absolute atomic E-state index is 12.9. The number of nitrogens with zero attached hydrogens (tertiary/aromatic N) is 4. The predicted octanol–water partition coefficient (Wildman–Crippen LogP) is 5.57. The van der Waals surface area contributed by atoms with E-state index in [4.69, 9.17) is 28.2 Å². The molecule has 35 heavy (non-hydrogen) atoms. The van der Waals surface area contributed by atoms with Crippen LogP contribution in [0.25, 0.3) is 17.1 Å². The summed E-state index contributed by atoms with van der Waals surface area (Å²) in [5.41, 5.74) is 2.38. The number of nitrogens with one attached hydrogen (secondary N) is 1. The Bertz CT molecular complexity index is 1300. The van der Waals surface area contributed by atoms with Gasteiger partial charge in [-0.05, 0) is 61.4 Å². The Morgan fingerprint density at radius 2 is 1.71 bits per heavy atom. The van der Waals surface area contributed by atoms with Gasteiger partial charge in [0.1, 0.15) is 11.6 Å². The number of carbonyl (C=O) groups excluding carboxylic acids is 1. The second kappa shape index (κ2) is 10.5. The van der Waals surface area contributed by atoms with Crippen LogP contribution in [-0.4, -0.2) is 39.6 Å². The van der Waals surface area contributed by atoms with E-state index in [0.717, 1.165) is 43.0 Å². The maximum atomic E-state index is 12.9. The highest BCUT2D eigenvalue weighted by molar-refractivity contribution is 6.33. The van der Waals surface area contributed by atoms with Crippen LogP contribution in [0, 0.1) is 0 Å². The van der Waals surface area contributed by atoms with E-state index in [9.17, 15) is 4.79 Å². The Labute approximate surface area is 214 Å². The molecule has 0 atom stereocenters. The molecule has 0 unspecified atom stereocenters. The van der Waals surface area contributed by atoms with Crippen molar-refractivity contribution < 1.29 is 4.79 Å². The molecule has 0 spiro atoms. The second-order valence-corrected chi connectivity index (χ2v) is 9.42. The third-order valence-corrected chi connectivity index (χ3v) is 6.73. The summed E-state index contributed by atoms with van der Waals surface area (Å²) in [7, 11) is 0. The van der Waals surface area contributed by atoms with Crippen LogP contribution in [0.3, 0.4) is 0 Å². The molecule has 4 aromatic rings. The number of hydrogen-bond donors (Lipinski definition) is 1. The topological polar surface area (TPSA) is 63.1 Å². The minimum Gasteiger partial charge on any atom is -0.356 e. The van der Waals surface area contributed by atoms with Crippen molar-refractivity contribution in [3.8, 4) is 17.1 Å². The highest BCUT2D eigenvalue weighted by atomic mass is 35.5. The Morgan fingerprint density at radius 1 is 0.971 bits per heavy atom. The van der Waals surface area contributed by atoms with Gasteiger partial charge in [-0.25, -0.2) is 9.97 Å². The normalized spacial score (nSPS) is 14.2. The van der Waals surface area contributed by atoms with Gasteiger partial charge in [-0.15, -0.1) is 0 Å². The van der Waals surface area contributed by atoms with Crippen molar-refractivity contribution >= 4 is 34.9 Å². The van der Waals surface area contributed by atoms with Gasteiger partial charge in [-0.2, -0.15) is 0 Å². The molecule has 5 rings (SSSR count). The molecule has 0 radical (unpaired) electrons. The van der Waals surface area contributed by atoms with Crippen molar-refractivity contribution in [2.75, 3.05) is 18.0 Å². The number of halogens is 2. The lowest BCUT2D eigenvalue weighted by Gasteiger charge is -2.33. The van der Waals surface area contributed by atoms with Gasteiger partial charge in [0.15, 0.2) is 0 Å². The molecule has 1 saturated heterocycles. The third-order valence-electron chi connectivity index (χ3n) is 6.15. The van der Waals surface area contributed by atoms with Crippen molar-refractivity contribution in [3.63, 3.8) is 0 Å². The molecule has 8 heteroatoms. The lowest BCUT2D eigenvalue weighted by molar-refractivity contribution is -0.121. The molecular weight excluding hydrogens is 481 g/mol. The molecule has 6 nitrogen and oxygen atoms in total. The van der Waals surface area contributed by atoms with Crippen molar-refractivity contribution in [2.45, 2.75) is 25.3 Å². The van der Waals surface area contributed by atoms with E-state index >= 15 is 0 Å². The Morgan fingerprint density at radius 3 is 2.43 bits per heavy atom. The summed E-state index contributed by atoms with van der Waals surface area (Å²) in [5.74, 6) is 1.63. The summed E-state index contributed by atoms with van der Waals surface area (Å²) in [5, 5.41) is 4.44. The van der Waals surface area contributed by atoms with Gasteiger partial charge in [0.05, 0.1) is 17.1 Å². The fourth-order valence-electron chi connectivity index (χ4n) is 4.38. The van der Waals surface area contributed by atoms with E-state index in [-0.39, 0.29) is 18.4 Å². The van der Waals surface area contributed by atoms with Crippen LogP contribution in [0.5, 0.6) is 0 Å². The number of imidazole rings is 1. The number of anilines is 1. The SMILES string of the molecule is O=C(Cc1cn(-c2ccc(Cl)cc2)c(-c2ccccc2Cl)n1)NC1CCN(c2ccccn2)CC1. The van der Waals surface area contributed by atoms with Gasteiger partial charge in [0, 0.05) is 47.8 Å². The summed E-state index contributed by atoms with van der Waals surface area (Å²) < 4.78 is 1.95. The maximum Gasteiger partial charge on any atom is 0.226 e. The first kappa shape index (κ1) is 23.4. The smallest absolute Gasteiger partial charge is 0.226 e. The minimum atomic E-state index is -0.0345. The average molecular weight is 506 g/mol. The Hall–Kier alpha value is -3.35. The van der Waals surface area contributed by atoms with Crippen LogP contribution in [0.4, 0.5) is 5.82 Å². The molecule has 0 aliphatic carbocycles. The quantitative estimate of drug-likeness (QED) is 0.372. The van der Waals surface area contributed by atoms with Crippen molar-refractivity contribution in [3.05, 3.63) is 94.9 Å². The number of carbonyl (C=O) groups is 1. The minimum absolute atomic E-state index is 0.0345. The highest BCUT2D eigenvalue weighted by Gasteiger charge is 2.22. The van der Waals surface area contributed by atoms with Gasteiger partial charge in [0.2, 0.25) is 5.91 Å². The number of amides is 1. The first-order chi connectivity index (χ1) is 17.1. The highest BCUT2D eigenvalue weighted by Crippen LogP contribution is 2.30. The van der Waals surface area contributed by atoms with Gasteiger partial charge in [-0.3, -0.25) is 9.36 Å². The zero-order chi connectivity index (χ0) is 24.2. The van der Waals surface area contributed by atoms with Crippen molar-refractivity contribution in [2.24, 2.45) is 0 Å². The summed E-state index contributed by atoms with van der Waals surface area (Å²) >= 11 is 12.6. The van der Waals surface area contributed by atoms with Crippen LogP contribution >= 0.6 is 23.2 Å². The zero-order valence-electron chi connectivity index (χ0n) is 19.1. The molecule has 1 amide bonds. The third kappa shape index (κ3) is 5.50. The molecule has 3 heterocycles. The van der Waals surface area contributed by atoms with E-state index in [1.54, 1.807) is 0 Å². The van der Waals surface area contributed by atoms with Crippen LogP contribution < -0.4 is 10.2 Å². The fourth-order valence-corrected chi connectivity index (χ4v) is 4.73. The van der Waals surface area contributed by atoms with Gasteiger partial charge >= 0.3 is 0 Å². The summed E-state index contributed by atoms with van der Waals surface area (Å²) in [6.07, 6.45) is 5.66. The number of rotatable bonds is 6. The molecule has 2 aromatic carbocycles. The summed E-state index contributed by atoms with van der Waals surface area (Å²) in [6.45, 7) is 1.73. The molecule has 1 aliphatic heterocycles. The largest absolute Gasteiger partial charge is 0.356 e. The zero-order valence-corrected chi connectivity index (χ0v) is 20.6. The first-order valence-corrected chi connectivity index (χ1v) is 12.4. The molecule has 1 N–H and O–H groups in total. The number of hydrogen-bond acceptors (Lipinski definition) is 4. The summed E-state index contributed by atoms with van der Waals surface area (Å²) in [6, 6.07) is 21.1. The number of benzene rings is 2. The number of piperidine rings is 1. The molecule has 1 aliphatic rings. The van der Waals surface area contributed by atoms with Crippen molar-refractivity contribution in [1.82, 2.24) is 19.9 Å². The molecule has 2 aromatic heterocycles. The van der Waals surface area contributed by atoms with Gasteiger partial charge < -0.3 is 10.2 Å². The molecular formula is C27H25Cl2N5O. The van der Waals surface area contributed by atoms with E-state index in [0.29, 0.717) is 21.6 Å². The predicted molar refractivity (Wildman–Crippen MR) is 140 cm³/mol. The monoisotopic (exact) mass is 505 g/mol. The molecule has 0 saturated carbocycles. The molecule has 178 valence electrons. The van der Waals surface area contributed by atoms with E-state index in [2.05, 4.69) is 15.2 Å². The average Bonchev–Trinajstić information content (AvgIpc) is 3.29. The van der Waals surface area contributed by atoms with Crippen LogP contribution in [0.15, 0.2) is 79.1 Å². The van der Waals surface area contributed by atoms with E-state index in [1.807, 2.05) is 83.7 Å². The first-order valence-electron chi connectivity index (χ1n) is 11.6. The number of aromatic nitrogens is 3. The standard InChI is InChI=1S/C27H25Cl2N5O/c28-19-8-10-22(11-9-19)34-18-21(32-27(34)23-5-1-2-6-24(23)29)17-26(35)31-20-12-15-33(16-13-20)25-7-3-4-14-30-25/h1-11,14,18,20H,12-13,15-17H2,(H,31,35). The Kier molecular flexibility index (Phi) is 7.02. The number of pyridine rings is 1. The van der Waals surface area contributed by atoms with Crippen LogP contribution in [0.2, 0.25) is 10.0 Å². The van der Waals surface area contributed by atoms with Gasteiger partial charge in [0.25, 0.3) is 0 Å². The molecule has 0 bridgehead atoms. The molecule has 1 fully saturated rings. The lowest BCUT2D eigenvalue weighted by Crippen LogP contribution is -2.45. The fraction of sp³-hybridized carbons (Fsp3) is 0.222. The second-order valence-electron chi connectivity index (χ2n) is 8.58. The Balaban J connectivity index is 1.29. The lowest BCUT2D eigenvalue weighted by atomic mass is 10.0. The van der Waals surface area contributed by atoms with E-state index in [1.165, 1.54) is 0 Å². The van der Waals surface area contributed by atoms with Crippen molar-refractivity contribution in [1.29, 1.82) is 0 Å². The van der Waals surface area contributed by atoms with Gasteiger partial charge in [-0.1, -0.05) is 41.4 Å².